The van der Waals surface area contributed by atoms with Gasteiger partial charge in [-0.05, 0) is 33.1 Å². The molecule has 0 bridgehead atoms. The summed E-state index contributed by atoms with van der Waals surface area (Å²) in [4.78, 5) is 0. The molecule has 0 heterocycles. The van der Waals surface area contributed by atoms with Gasteiger partial charge in [-0.3, -0.25) is 0 Å². The van der Waals surface area contributed by atoms with Crippen molar-refractivity contribution >= 4 is 0 Å². The topological polar surface area (TPSA) is 40.5 Å². The summed E-state index contributed by atoms with van der Waals surface area (Å²) in [6.45, 7) is 10.2. The van der Waals surface area contributed by atoms with Crippen LogP contribution in [0.4, 0.5) is 0 Å². The summed E-state index contributed by atoms with van der Waals surface area (Å²) in [5, 5.41) is 20.8. The first-order valence-corrected chi connectivity index (χ1v) is 6.56. The lowest BCUT2D eigenvalue weighted by Gasteiger charge is -2.52. The minimum atomic E-state index is -0.391. The fourth-order valence-corrected chi connectivity index (χ4v) is 3.81. The number of aliphatic hydroxyl groups excluding tert-OH is 2. The van der Waals surface area contributed by atoms with Gasteiger partial charge < -0.3 is 10.2 Å². The molecule has 2 heteroatoms. The van der Waals surface area contributed by atoms with Crippen LogP contribution in [0.15, 0.2) is 23.8 Å². The summed E-state index contributed by atoms with van der Waals surface area (Å²) in [7, 11) is 0. The first-order valence-electron chi connectivity index (χ1n) is 6.56. The molecule has 1 saturated carbocycles. The molecular weight excluding hydrogens is 212 g/mol. The highest BCUT2D eigenvalue weighted by molar-refractivity contribution is 5.22. The highest BCUT2D eigenvalue weighted by atomic mass is 16.3. The van der Waals surface area contributed by atoms with Gasteiger partial charge in [-0.25, -0.2) is 0 Å². The summed E-state index contributed by atoms with van der Waals surface area (Å²) in [5.74, 6) is 0.267. The largest absolute Gasteiger partial charge is 0.392 e. The molecule has 2 N–H and O–H groups in total. The van der Waals surface area contributed by atoms with Crippen molar-refractivity contribution in [2.24, 2.45) is 17.3 Å². The Labute approximate surface area is 104 Å². The lowest BCUT2D eigenvalue weighted by atomic mass is 9.55. The van der Waals surface area contributed by atoms with Gasteiger partial charge in [-0.1, -0.05) is 30.7 Å². The van der Waals surface area contributed by atoms with E-state index in [-0.39, 0.29) is 23.4 Å². The normalized spacial score (nSPS) is 46.1. The predicted octanol–water partition coefficient (Wildman–Crippen LogP) is 2.67. The molecule has 0 aliphatic heterocycles. The van der Waals surface area contributed by atoms with Crippen molar-refractivity contribution in [1.82, 2.24) is 0 Å². The van der Waals surface area contributed by atoms with Crippen molar-refractivity contribution < 1.29 is 10.2 Å². The molecule has 96 valence electrons. The van der Waals surface area contributed by atoms with Crippen molar-refractivity contribution in [2.45, 2.75) is 52.2 Å². The molecule has 0 aromatic carbocycles. The average molecular weight is 236 g/mol. The van der Waals surface area contributed by atoms with Gasteiger partial charge >= 0.3 is 0 Å². The molecule has 0 amide bonds. The molecule has 2 aliphatic rings. The van der Waals surface area contributed by atoms with E-state index in [1.54, 1.807) is 0 Å². The van der Waals surface area contributed by atoms with Gasteiger partial charge in [0.05, 0.1) is 12.2 Å². The predicted molar refractivity (Wildman–Crippen MR) is 69.5 cm³/mol. The first-order chi connectivity index (χ1) is 7.88. The van der Waals surface area contributed by atoms with Crippen molar-refractivity contribution in [3.05, 3.63) is 23.8 Å². The fourth-order valence-electron chi connectivity index (χ4n) is 3.81. The van der Waals surface area contributed by atoms with Crippen LogP contribution in [0.2, 0.25) is 0 Å². The van der Waals surface area contributed by atoms with E-state index in [2.05, 4.69) is 26.5 Å². The third-order valence-corrected chi connectivity index (χ3v) is 5.01. The van der Waals surface area contributed by atoms with E-state index < -0.39 is 6.10 Å². The Hall–Kier alpha value is -0.600. The highest BCUT2D eigenvalue weighted by Gasteiger charge is 2.51. The molecule has 5 atom stereocenters. The minimum absolute atomic E-state index is 0.0849. The molecule has 17 heavy (non-hydrogen) atoms. The Morgan fingerprint density at radius 2 is 2.12 bits per heavy atom. The Bertz CT molecular complexity index is 358. The van der Waals surface area contributed by atoms with E-state index in [1.165, 1.54) is 5.57 Å². The monoisotopic (exact) mass is 236 g/mol. The maximum atomic E-state index is 10.6. The van der Waals surface area contributed by atoms with Gasteiger partial charge in [-0.15, -0.1) is 0 Å². The zero-order valence-electron chi connectivity index (χ0n) is 11.1. The van der Waals surface area contributed by atoms with E-state index in [0.29, 0.717) is 0 Å². The van der Waals surface area contributed by atoms with Crippen LogP contribution in [-0.4, -0.2) is 22.4 Å². The van der Waals surface area contributed by atoms with Gasteiger partial charge in [0.25, 0.3) is 0 Å². The number of aliphatic hydroxyl groups is 2. The van der Waals surface area contributed by atoms with Crippen molar-refractivity contribution in [2.75, 3.05) is 0 Å². The smallest absolute Gasteiger partial charge is 0.0676 e. The number of hydrogen-bond acceptors (Lipinski definition) is 2. The molecule has 0 saturated heterocycles. The molecule has 2 rings (SSSR count). The van der Waals surface area contributed by atoms with Crippen LogP contribution in [0.25, 0.3) is 0 Å². The van der Waals surface area contributed by atoms with Gasteiger partial charge in [0, 0.05) is 17.3 Å². The Kier molecular flexibility index (Phi) is 3.21. The minimum Gasteiger partial charge on any atom is -0.392 e. The second kappa shape index (κ2) is 4.25. The number of hydrogen-bond donors (Lipinski definition) is 2. The highest BCUT2D eigenvalue weighted by Crippen LogP contribution is 2.53. The second-order valence-electron chi connectivity index (χ2n) is 6.17. The van der Waals surface area contributed by atoms with E-state index in [1.807, 2.05) is 6.92 Å². The van der Waals surface area contributed by atoms with Crippen LogP contribution in [0, 0.1) is 17.3 Å². The summed E-state index contributed by atoms with van der Waals surface area (Å²) in [6, 6.07) is 0. The van der Waals surface area contributed by atoms with Gasteiger partial charge in [0.2, 0.25) is 0 Å². The zero-order valence-corrected chi connectivity index (χ0v) is 11.1. The second-order valence-corrected chi connectivity index (χ2v) is 6.17. The maximum Gasteiger partial charge on any atom is 0.0676 e. The zero-order chi connectivity index (χ0) is 12.8. The van der Waals surface area contributed by atoms with E-state index in [0.717, 1.165) is 24.8 Å². The lowest BCUT2D eigenvalue weighted by molar-refractivity contribution is -0.0958. The summed E-state index contributed by atoms with van der Waals surface area (Å²) >= 11 is 0. The summed E-state index contributed by atoms with van der Waals surface area (Å²) in [5.41, 5.74) is 2.13. The Balaban J connectivity index is 2.36. The van der Waals surface area contributed by atoms with Crippen LogP contribution in [0.3, 0.4) is 0 Å². The molecule has 0 radical (unpaired) electrons. The van der Waals surface area contributed by atoms with Gasteiger partial charge in [0.1, 0.15) is 0 Å². The molecular formula is C15H24O2. The van der Waals surface area contributed by atoms with Crippen LogP contribution in [0.5, 0.6) is 0 Å². The third-order valence-electron chi connectivity index (χ3n) is 5.01. The maximum absolute atomic E-state index is 10.6. The van der Waals surface area contributed by atoms with Crippen molar-refractivity contribution in [1.29, 1.82) is 0 Å². The molecule has 1 fully saturated rings. The molecule has 0 spiro atoms. The third kappa shape index (κ3) is 1.88. The molecule has 0 aromatic rings. The first kappa shape index (κ1) is 12.8. The van der Waals surface area contributed by atoms with E-state index >= 15 is 0 Å². The van der Waals surface area contributed by atoms with E-state index in [9.17, 15) is 10.2 Å². The number of rotatable bonds is 1. The quantitative estimate of drug-likeness (QED) is 0.687. The summed E-state index contributed by atoms with van der Waals surface area (Å²) in [6.07, 6.45) is 4.01. The Morgan fingerprint density at radius 1 is 1.47 bits per heavy atom. The van der Waals surface area contributed by atoms with Gasteiger partial charge in [0.15, 0.2) is 0 Å². The van der Waals surface area contributed by atoms with E-state index in [4.69, 9.17) is 0 Å². The molecule has 2 aliphatic carbocycles. The lowest BCUT2D eigenvalue weighted by Crippen LogP contribution is -2.53. The SMILES string of the molecule is C=C(C)[C@@H]1CC[C@]2(C)[C@@H](O)CC=C(C)[C@H]2[C@H]1O. The van der Waals surface area contributed by atoms with Crippen LogP contribution < -0.4 is 0 Å². The standard InChI is InChI=1S/C15H24O2/c1-9(2)11-7-8-15(4)12(16)6-5-10(3)13(15)14(11)17/h5,11-14,16-17H,1,6-8H2,2-4H3/t11-,12-,13-,14-,15+/m0/s1. The van der Waals surface area contributed by atoms with Crippen LogP contribution >= 0.6 is 0 Å². The fraction of sp³-hybridized carbons (Fsp3) is 0.733. The van der Waals surface area contributed by atoms with Crippen LogP contribution in [-0.2, 0) is 0 Å². The van der Waals surface area contributed by atoms with Gasteiger partial charge in [-0.2, -0.15) is 0 Å². The summed E-state index contributed by atoms with van der Waals surface area (Å²) < 4.78 is 0. The average Bonchev–Trinajstić information content (AvgIpc) is 2.23. The number of fused-ring (bicyclic) bond motifs is 1. The van der Waals surface area contributed by atoms with Crippen molar-refractivity contribution in [3.8, 4) is 0 Å². The molecule has 2 nitrogen and oxygen atoms in total. The Morgan fingerprint density at radius 3 is 2.71 bits per heavy atom. The van der Waals surface area contributed by atoms with Crippen molar-refractivity contribution in [3.63, 3.8) is 0 Å². The van der Waals surface area contributed by atoms with Crippen LogP contribution in [0.1, 0.15) is 40.0 Å². The molecule has 0 unspecified atom stereocenters. The molecule has 0 aromatic heterocycles.